The van der Waals surface area contributed by atoms with Gasteiger partial charge in [0.25, 0.3) is 0 Å². The largest absolute Gasteiger partial charge is 0.308 e. The average molecular weight is 638 g/mol. The molecule has 3 heteroatoms. The van der Waals surface area contributed by atoms with Crippen LogP contribution >= 0.6 is 0 Å². The minimum atomic E-state index is 0.918. The second-order valence-electron chi connectivity index (χ2n) is 12.8. The molecule has 1 aliphatic heterocycles. The summed E-state index contributed by atoms with van der Waals surface area (Å²) in [6, 6.07) is 65.5. The van der Waals surface area contributed by atoms with Crippen molar-refractivity contribution in [2.24, 2.45) is 0 Å². The molecule has 0 radical (unpaired) electrons. The Hall–Kier alpha value is -6.71. The molecular formula is C47H31N3. The van der Waals surface area contributed by atoms with E-state index in [-0.39, 0.29) is 0 Å². The summed E-state index contributed by atoms with van der Waals surface area (Å²) in [4.78, 5) is 7.43. The van der Waals surface area contributed by atoms with Crippen molar-refractivity contribution in [1.29, 1.82) is 0 Å². The smallest absolute Gasteiger partial charge is 0.145 e. The van der Waals surface area contributed by atoms with E-state index in [1.54, 1.807) is 0 Å². The first-order valence-electron chi connectivity index (χ1n) is 17.1. The summed E-state index contributed by atoms with van der Waals surface area (Å²) in [6.45, 7) is 0. The van der Waals surface area contributed by atoms with Crippen molar-refractivity contribution in [3.8, 4) is 50.3 Å². The molecule has 0 unspecified atom stereocenters. The predicted octanol–water partition coefficient (Wildman–Crippen LogP) is 12.6. The van der Waals surface area contributed by atoms with Gasteiger partial charge in [0.05, 0.1) is 22.6 Å². The van der Waals surface area contributed by atoms with E-state index in [4.69, 9.17) is 4.98 Å². The number of benzene rings is 7. The third kappa shape index (κ3) is 4.41. The number of fused-ring (bicyclic) bond motifs is 8. The molecule has 3 heterocycles. The van der Waals surface area contributed by atoms with Gasteiger partial charge >= 0.3 is 0 Å². The van der Waals surface area contributed by atoms with Crippen LogP contribution in [0, 0.1) is 0 Å². The van der Waals surface area contributed by atoms with E-state index in [1.807, 2.05) is 6.20 Å². The number of rotatable bonds is 4. The molecule has 0 bridgehead atoms. The topological polar surface area (TPSA) is 21.1 Å². The van der Waals surface area contributed by atoms with E-state index >= 15 is 0 Å². The SMILES string of the molecule is c1ccc(-c2cc(-c3ccccc3)cc(-n3c4c(c5ccccc53)-c3ccccc3N(c3nccc5ccccc35)c3ccccc3-4)c2)cc1. The highest BCUT2D eigenvalue weighted by Gasteiger charge is 2.32. The molecule has 2 aromatic heterocycles. The first-order chi connectivity index (χ1) is 24.8. The van der Waals surface area contributed by atoms with Crippen molar-refractivity contribution in [2.75, 3.05) is 4.90 Å². The van der Waals surface area contributed by atoms with Crippen molar-refractivity contribution in [3.05, 3.63) is 188 Å². The summed E-state index contributed by atoms with van der Waals surface area (Å²) in [7, 11) is 0. The van der Waals surface area contributed by atoms with Crippen molar-refractivity contribution >= 4 is 38.9 Å². The molecule has 234 valence electrons. The molecule has 9 aromatic rings. The Morgan fingerprint density at radius 3 is 1.70 bits per heavy atom. The lowest BCUT2D eigenvalue weighted by molar-refractivity contribution is 1.13. The monoisotopic (exact) mass is 637 g/mol. The van der Waals surface area contributed by atoms with Gasteiger partial charge in [-0.1, -0.05) is 140 Å². The van der Waals surface area contributed by atoms with Crippen LogP contribution in [0.15, 0.2) is 188 Å². The number of hydrogen-bond acceptors (Lipinski definition) is 2. The van der Waals surface area contributed by atoms with Gasteiger partial charge in [0, 0.05) is 39.3 Å². The van der Waals surface area contributed by atoms with Crippen molar-refractivity contribution in [1.82, 2.24) is 9.55 Å². The quantitative estimate of drug-likeness (QED) is 0.191. The van der Waals surface area contributed by atoms with Crippen LogP contribution in [0.25, 0.3) is 72.0 Å². The molecule has 1 aliphatic rings. The van der Waals surface area contributed by atoms with Crippen LogP contribution in [0.3, 0.4) is 0 Å². The van der Waals surface area contributed by atoms with E-state index in [1.165, 1.54) is 50.0 Å². The molecule has 0 N–H and O–H groups in total. The minimum absolute atomic E-state index is 0.918. The van der Waals surface area contributed by atoms with Gasteiger partial charge in [-0.2, -0.15) is 0 Å². The van der Waals surface area contributed by atoms with E-state index in [0.717, 1.165) is 39.2 Å². The molecule has 0 saturated heterocycles. The second kappa shape index (κ2) is 11.5. The standard InChI is InChI=1S/C47H31N3/c1-3-15-32(16-4-1)35-29-36(33-17-5-2-6-18-33)31-37(30-35)49-42-24-12-9-21-39(42)45-40-22-10-13-25-43(40)50(44-26-14-11-23-41(44)46(45)49)47-38-20-8-7-19-34(38)27-28-48-47/h1-31H. The first-order valence-corrected chi connectivity index (χ1v) is 17.1. The third-order valence-electron chi connectivity index (χ3n) is 9.94. The Labute approximate surface area is 291 Å². The van der Waals surface area contributed by atoms with Crippen LogP contribution in [0.4, 0.5) is 17.2 Å². The predicted molar refractivity (Wildman–Crippen MR) is 209 cm³/mol. The summed E-state index contributed by atoms with van der Waals surface area (Å²) in [5, 5.41) is 3.49. The van der Waals surface area contributed by atoms with Gasteiger partial charge in [0.1, 0.15) is 5.82 Å². The fourth-order valence-electron chi connectivity index (χ4n) is 7.76. The van der Waals surface area contributed by atoms with Crippen LogP contribution < -0.4 is 4.90 Å². The van der Waals surface area contributed by atoms with Gasteiger partial charge in [-0.25, -0.2) is 4.98 Å². The molecule has 0 aliphatic carbocycles. The molecular weight excluding hydrogens is 607 g/mol. The molecule has 0 saturated carbocycles. The first kappa shape index (κ1) is 28.3. The van der Waals surface area contributed by atoms with Crippen LogP contribution in [0.2, 0.25) is 0 Å². The van der Waals surface area contributed by atoms with Crippen LogP contribution in [-0.4, -0.2) is 9.55 Å². The van der Waals surface area contributed by atoms with E-state index in [9.17, 15) is 0 Å². The Balaban J connectivity index is 1.34. The van der Waals surface area contributed by atoms with Gasteiger partial charge in [-0.3, -0.25) is 4.90 Å². The number of nitrogens with zero attached hydrogens (tertiary/aromatic N) is 3. The summed E-state index contributed by atoms with van der Waals surface area (Å²) >= 11 is 0. The van der Waals surface area contributed by atoms with Gasteiger partial charge in [0.2, 0.25) is 0 Å². The maximum absolute atomic E-state index is 5.07. The zero-order valence-electron chi connectivity index (χ0n) is 27.2. The lowest BCUT2D eigenvalue weighted by Crippen LogP contribution is -2.13. The average Bonchev–Trinajstić information content (AvgIpc) is 3.48. The number of para-hydroxylation sites is 3. The van der Waals surface area contributed by atoms with Crippen LogP contribution in [0.1, 0.15) is 0 Å². The zero-order valence-corrected chi connectivity index (χ0v) is 27.2. The van der Waals surface area contributed by atoms with Gasteiger partial charge < -0.3 is 4.57 Å². The molecule has 7 aromatic carbocycles. The van der Waals surface area contributed by atoms with Crippen molar-refractivity contribution < 1.29 is 0 Å². The highest BCUT2D eigenvalue weighted by atomic mass is 15.2. The molecule has 3 nitrogen and oxygen atoms in total. The Morgan fingerprint density at radius 1 is 0.420 bits per heavy atom. The Bertz CT molecular complexity index is 2640. The number of pyridine rings is 1. The molecule has 0 atom stereocenters. The van der Waals surface area contributed by atoms with Gasteiger partial charge in [-0.15, -0.1) is 0 Å². The third-order valence-corrected chi connectivity index (χ3v) is 9.94. The lowest BCUT2D eigenvalue weighted by Gasteiger charge is -2.27. The molecule has 10 rings (SSSR count). The summed E-state index contributed by atoms with van der Waals surface area (Å²) in [5.74, 6) is 0.918. The fraction of sp³-hybridized carbons (Fsp3) is 0. The molecule has 0 spiro atoms. The van der Waals surface area contributed by atoms with Crippen LogP contribution in [-0.2, 0) is 0 Å². The van der Waals surface area contributed by atoms with E-state index < -0.39 is 0 Å². The van der Waals surface area contributed by atoms with E-state index in [2.05, 4.69) is 191 Å². The summed E-state index contributed by atoms with van der Waals surface area (Å²) < 4.78 is 2.49. The Kier molecular flexibility index (Phi) is 6.49. The molecule has 0 amide bonds. The maximum atomic E-state index is 5.07. The van der Waals surface area contributed by atoms with Gasteiger partial charge in [0.15, 0.2) is 0 Å². The number of anilines is 3. The lowest BCUT2D eigenvalue weighted by atomic mass is 9.97. The van der Waals surface area contributed by atoms with E-state index in [0.29, 0.717) is 0 Å². The maximum Gasteiger partial charge on any atom is 0.145 e. The molecule has 50 heavy (non-hydrogen) atoms. The normalized spacial score (nSPS) is 12.0. The number of aromatic nitrogens is 2. The molecule has 0 fully saturated rings. The highest BCUT2D eigenvalue weighted by Crippen LogP contribution is 2.54. The second-order valence-corrected chi connectivity index (χ2v) is 12.8. The fourth-order valence-corrected chi connectivity index (χ4v) is 7.76. The summed E-state index contributed by atoms with van der Waals surface area (Å²) in [5.41, 5.74) is 13.9. The van der Waals surface area contributed by atoms with Crippen molar-refractivity contribution in [3.63, 3.8) is 0 Å². The Morgan fingerprint density at radius 2 is 0.980 bits per heavy atom. The highest BCUT2D eigenvalue weighted by molar-refractivity contribution is 6.14. The summed E-state index contributed by atoms with van der Waals surface area (Å²) in [6.07, 6.45) is 1.93. The van der Waals surface area contributed by atoms with Gasteiger partial charge in [-0.05, 0) is 70.1 Å². The van der Waals surface area contributed by atoms with Crippen LogP contribution in [0.5, 0.6) is 0 Å². The zero-order chi connectivity index (χ0) is 33.0. The van der Waals surface area contributed by atoms with Crippen molar-refractivity contribution in [2.45, 2.75) is 0 Å². The minimum Gasteiger partial charge on any atom is -0.308 e. The number of hydrogen-bond donors (Lipinski definition) is 0.